The number of ether oxygens (including phenoxy) is 1. The van der Waals surface area contributed by atoms with Crippen LogP contribution >= 0.6 is 24.0 Å². The molecule has 1 atom stereocenters. The first-order chi connectivity index (χ1) is 10.1. The van der Waals surface area contributed by atoms with Crippen molar-refractivity contribution in [3.8, 4) is 0 Å². The van der Waals surface area contributed by atoms with Crippen LogP contribution in [-0.4, -0.2) is 34.4 Å². The van der Waals surface area contributed by atoms with Gasteiger partial charge < -0.3 is 4.74 Å². The second-order valence-electron chi connectivity index (χ2n) is 5.34. The molecular formula is C16H17NO2S2. The lowest BCUT2D eigenvalue weighted by atomic mass is 10.1. The molecule has 0 saturated carbocycles. The second-order valence-corrected chi connectivity index (χ2v) is 7.02. The quantitative estimate of drug-likeness (QED) is 0.631. The van der Waals surface area contributed by atoms with E-state index >= 15 is 0 Å². The number of aryl methyl sites for hydroxylation is 1. The number of nitrogens with zero attached hydrogens (tertiary/aromatic N) is 1. The lowest BCUT2D eigenvalue weighted by Gasteiger charge is -2.18. The van der Waals surface area contributed by atoms with E-state index in [0.29, 0.717) is 15.8 Å². The van der Waals surface area contributed by atoms with Gasteiger partial charge in [0.15, 0.2) is 0 Å². The van der Waals surface area contributed by atoms with Crippen LogP contribution in [-0.2, 0) is 9.53 Å². The Hall–Kier alpha value is -1.17. The number of benzene rings is 1. The Labute approximate surface area is 134 Å². The fraction of sp³-hybridized carbons (Fsp3) is 0.375. The van der Waals surface area contributed by atoms with Gasteiger partial charge in [-0.3, -0.25) is 9.69 Å². The molecule has 0 spiro atoms. The van der Waals surface area contributed by atoms with E-state index < -0.39 is 0 Å². The molecule has 2 fully saturated rings. The van der Waals surface area contributed by atoms with Crippen LogP contribution in [0, 0.1) is 6.92 Å². The molecule has 21 heavy (non-hydrogen) atoms. The number of amides is 1. The van der Waals surface area contributed by atoms with Crippen molar-refractivity contribution in [3.63, 3.8) is 0 Å². The number of thiocarbonyl (C=S) groups is 1. The van der Waals surface area contributed by atoms with E-state index in [1.54, 1.807) is 4.90 Å². The summed E-state index contributed by atoms with van der Waals surface area (Å²) >= 11 is 6.72. The Morgan fingerprint density at radius 1 is 1.52 bits per heavy atom. The molecule has 3 rings (SSSR count). The van der Waals surface area contributed by atoms with Gasteiger partial charge in [-0.15, -0.1) is 0 Å². The highest BCUT2D eigenvalue weighted by Crippen LogP contribution is 2.33. The van der Waals surface area contributed by atoms with Crippen LogP contribution in [0.2, 0.25) is 0 Å². The van der Waals surface area contributed by atoms with Crippen LogP contribution in [0.3, 0.4) is 0 Å². The first kappa shape index (κ1) is 14.8. The van der Waals surface area contributed by atoms with Gasteiger partial charge >= 0.3 is 0 Å². The maximum atomic E-state index is 12.5. The summed E-state index contributed by atoms with van der Waals surface area (Å²) in [5.74, 6) is 0.00186. The lowest BCUT2D eigenvalue weighted by Crippen LogP contribution is -2.35. The summed E-state index contributed by atoms with van der Waals surface area (Å²) in [6, 6.07) is 8.10. The van der Waals surface area contributed by atoms with Crippen molar-refractivity contribution in [3.05, 3.63) is 40.3 Å². The van der Waals surface area contributed by atoms with Gasteiger partial charge in [0.1, 0.15) is 4.32 Å². The van der Waals surface area contributed by atoms with Crippen LogP contribution in [0.1, 0.15) is 24.0 Å². The van der Waals surface area contributed by atoms with Crippen molar-refractivity contribution < 1.29 is 9.53 Å². The molecule has 110 valence electrons. The minimum atomic E-state index is 0.00186. The summed E-state index contributed by atoms with van der Waals surface area (Å²) in [5.41, 5.74) is 2.21. The molecule has 0 bridgehead atoms. The average molecular weight is 319 g/mol. The molecule has 0 unspecified atom stereocenters. The molecule has 1 aromatic rings. The largest absolute Gasteiger partial charge is 0.376 e. The Morgan fingerprint density at radius 3 is 3.10 bits per heavy atom. The third-order valence-corrected chi connectivity index (χ3v) is 5.00. The molecule has 1 aromatic carbocycles. The predicted molar refractivity (Wildman–Crippen MR) is 90.0 cm³/mol. The predicted octanol–water partition coefficient (Wildman–Crippen LogP) is 3.38. The van der Waals surface area contributed by atoms with Crippen molar-refractivity contribution in [1.29, 1.82) is 0 Å². The maximum Gasteiger partial charge on any atom is 0.266 e. The van der Waals surface area contributed by atoms with Crippen molar-refractivity contribution in [2.45, 2.75) is 25.9 Å². The smallest absolute Gasteiger partial charge is 0.266 e. The van der Waals surface area contributed by atoms with Gasteiger partial charge in [0, 0.05) is 6.61 Å². The van der Waals surface area contributed by atoms with Gasteiger partial charge in [0.25, 0.3) is 5.91 Å². The van der Waals surface area contributed by atoms with Crippen LogP contribution in [0.15, 0.2) is 29.2 Å². The van der Waals surface area contributed by atoms with Crippen molar-refractivity contribution in [2.75, 3.05) is 13.2 Å². The highest BCUT2D eigenvalue weighted by Gasteiger charge is 2.34. The average Bonchev–Trinajstić information content (AvgIpc) is 3.04. The molecule has 5 heteroatoms. The van der Waals surface area contributed by atoms with Gasteiger partial charge in [-0.05, 0) is 31.4 Å². The first-order valence-electron chi connectivity index (χ1n) is 7.07. The van der Waals surface area contributed by atoms with E-state index in [4.69, 9.17) is 17.0 Å². The van der Waals surface area contributed by atoms with Gasteiger partial charge in [-0.25, -0.2) is 0 Å². The van der Waals surface area contributed by atoms with Gasteiger partial charge in [0.05, 0.1) is 17.6 Å². The number of carbonyl (C=O) groups is 1. The molecule has 0 aromatic heterocycles. The zero-order chi connectivity index (χ0) is 14.8. The molecule has 0 radical (unpaired) electrons. The third kappa shape index (κ3) is 3.36. The SMILES string of the molecule is Cc1cccc(/C=C2\SC(=S)N(C[C@@H]3CCCO3)C2=O)c1. The number of rotatable bonds is 3. The van der Waals surface area contributed by atoms with E-state index in [9.17, 15) is 4.79 Å². The summed E-state index contributed by atoms with van der Waals surface area (Å²) in [6.45, 7) is 3.41. The second kappa shape index (κ2) is 6.30. The fourth-order valence-corrected chi connectivity index (χ4v) is 3.84. The Morgan fingerprint density at radius 2 is 2.38 bits per heavy atom. The van der Waals surface area contributed by atoms with Crippen molar-refractivity contribution >= 4 is 40.3 Å². The molecule has 0 aliphatic carbocycles. The highest BCUT2D eigenvalue weighted by molar-refractivity contribution is 8.26. The highest BCUT2D eigenvalue weighted by atomic mass is 32.2. The summed E-state index contributed by atoms with van der Waals surface area (Å²) < 4.78 is 6.23. The van der Waals surface area contributed by atoms with E-state index in [1.165, 1.54) is 17.3 Å². The molecule has 2 aliphatic heterocycles. The van der Waals surface area contributed by atoms with Crippen LogP contribution in [0.25, 0.3) is 6.08 Å². The summed E-state index contributed by atoms with van der Waals surface area (Å²) in [6.07, 6.45) is 4.12. The number of thioether (sulfide) groups is 1. The zero-order valence-electron chi connectivity index (χ0n) is 11.9. The monoisotopic (exact) mass is 319 g/mol. The Kier molecular flexibility index (Phi) is 4.42. The van der Waals surface area contributed by atoms with E-state index in [1.807, 2.05) is 31.2 Å². The molecule has 0 N–H and O–H groups in total. The minimum Gasteiger partial charge on any atom is -0.376 e. The molecule has 2 aliphatic rings. The summed E-state index contributed by atoms with van der Waals surface area (Å²) in [5, 5.41) is 0. The Balaban J connectivity index is 1.76. The van der Waals surface area contributed by atoms with Crippen molar-refractivity contribution in [2.24, 2.45) is 0 Å². The Bertz CT molecular complexity index is 606. The van der Waals surface area contributed by atoms with E-state index in [0.717, 1.165) is 25.0 Å². The van der Waals surface area contributed by atoms with Gasteiger partial charge in [-0.1, -0.05) is 53.8 Å². The third-order valence-electron chi connectivity index (χ3n) is 3.62. The van der Waals surface area contributed by atoms with Gasteiger partial charge in [-0.2, -0.15) is 0 Å². The number of carbonyl (C=O) groups excluding carboxylic acids is 1. The molecule has 1 amide bonds. The summed E-state index contributed by atoms with van der Waals surface area (Å²) in [7, 11) is 0. The normalized spacial score (nSPS) is 24.3. The van der Waals surface area contributed by atoms with Gasteiger partial charge in [0.2, 0.25) is 0 Å². The first-order valence-corrected chi connectivity index (χ1v) is 8.29. The molecule has 3 nitrogen and oxygen atoms in total. The topological polar surface area (TPSA) is 29.5 Å². The molecular weight excluding hydrogens is 302 g/mol. The maximum absolute atomic E-state index is 12.5. The van der Waals surface area contributed by atoms with Crippen LogP contribution in [0.5, 0.6) is 0 Å². The summed E-state index contributed by atoms with van der Waals surface area (Å²) in [4.78, 5) is 14.9. The lowest BCUT2D eigenvalue weighted by molar-refractivity contribution is -0.123. The number of hydrogen-bond donors (Lipinski definition) is 0. The van der Waals surface area contributed by atoms with Crippen molar-refractivity contribution in [1.82, 2.24) is 4.90 Å². The molecule has 2 saturated heterocycles. The van der Waals surface area contributed by atoms with Crippen LogP contribution < -0.4 is 0 Å². The van der Waals surface area contributed by atoms with E-state index in [2.05, 4.69) is 6.07 Å². The fourth-order valence-electron chi connectivity index (χ4n) is 2.56. The standard InChI is InChI=1S/C16H17NO2S2/c1-11-4-2-5-12(8-11)9-14-15(18)17(16(20)21-14)10-13-6-3-7-19-13/h2,4-5,8-9,13H,3,6-7,10H2,1H3/b14-9-/t13-/m0/s1. The number of hydrogen-bond acceptors (Lipinski definition) is 4. The molecule has 2 heterocycles. The minimum absolute atomic E-state index is 0.00186. The zero-order valence-corrected chi connectivity index (χ0v) is 13.5. The van der Waals surface area contributed by atoms with E-state index in [-0.39, 0.29) is 12.0 Å². The van der Waals surface area contributed by atoms with Crippen LogP contribution in [0.4, 0.5) is 0 Å².